The molecule has 0 atom stereocenters. The summed E-state index contributed by atoms with van der Waals surface area (Å²) in [5, 5.41) is 0. The molecule has 88 valence electrons. The molecule has 1 aliphatic heterocycles. The summed E-state index contributed by atoms with van der Waals surface area (Å²) in [6.07, 6.45) is 6.69. The zero-order valence-corrected chi connectivity index (χ0v) is 9.24. The first-order chi connectivity index (χ1) is 8.42. The van der Waals surface area contributed by atoms with Gasteiger partial charge in [0.1, 0.15) is 23.5 Å². The van der Waals surface area contributed by atoms with Crippen molar-refractivity contribution < 1.29 is 9.47 Å². The highest BCUT2D eigenvalue weighted by Gasteiger charge is 2.16. The predicted molar refractivity (Wildman–Crippen MR) is 59.6 cm³/mol. The molecule has 0 amide bonds. The zero-order valence-electron chi connectivity index (χ0n) is 9.24. The standard InChI is InChI=1S/C11H12N4O2/c1-3-16-4-2-8(1)17-11-13-6-9-10(15-11)5-12-7-14-9/h5-8H,1-4H2. The van der Waals surface area contributed by atoms with Crippen LogP contribution in [0.15, 0.2) is 18.7 Å². The summed E-state index contributed by atoms with van der Waals surface area (Å²) in [7, 11) is 0. The molecule has 17 heavy (non-hydrogen) atoms. The van der Waals surface area contributed by atoms with Crippen molar-refractivity contribution in [3.8, 4) is 6.01 Å². The Morgan fingerprint density at radius 2 is 2.00 bits per heavy atom. The molecule has 0 bridgehead atoms. The summed E-state index contributed by atoms with van der Waals surface area (Å²) in [5.74, 6) is 0. The summed E-state index contributed by atoms with van der Waals surface area (Å²) in [5.41, 5.74) is 1.42. The van der Waals surface area contributed by atoms with Crippen LogP contribution in [0, 0.1) is 0 Å². The molecular weight excluding hydrogens is 220 g/mol. The summed E-state index contributed by atoms with van der Waals surface area (Å²) in [4.78, 5) is 16.4. The van der Waals surface area contributed by atoms with Crippen molar-refractivity contribution in [3.63, 3.8) is 0 Å². The van der Waals surface area contributed by atoms with Crippen LogP contribution in [0.25, 0.3) is 11.0 Å². The van der Waals surface area contributed by atoms with E-state index in [2.05, 4.69) is 19.9 Å². The molecule has 0 radical (unpaired) electrons. The Labute approximate surface area is 98.0 Å². The van der Waals surface area contributed by atoms with Gasteiger partial charge in [-0.3, -0.25) is 0 Å². The van der Waals surface area contributed by atoms with E-state index in [1.54, 1.807) is 12.4 Å². The molecular formula is C11H12N4O2. The van der Waals surface area contributed by atoms with Crippen molar-refractivity contribution in [1.29, 1.82) is 0 Å². The minimum absolute atomic E-state index is 0.144. The quantitative estimate of drug-likeness (QED) is 0.768. The lowest BCUT2D eigenvalue weighted by Crippen LogP contribution is -2.26. The van der Waals surface area contributed by atoms with Crippen LogP contribution in [0.2, 0.25) is 0 Å². The van der Waals surface area contributed by atoms with Crippen molar-refractivity contribution in [3.05, 3.63) is 18.7 Å². The number of nitrogens with zero attached hydrogens (tertiary/aromatic N) is 4. The molecule has 6 nitrogen and oxygen atoms in total. The molecule has 6 heteroatoms. The maximum Gasteiger partial charge on any atom is 0.317 e. The lowest BCUT2D eigenvalue weighted by Gasteiger charge is -2.21. The number of hydrogen-bond donors (Lipinski definition) is 0. The lowest BCUT2D eigenvalue weighted by atomic mass is 10.2. The lowest BCUT2D eigenvalue weighted by molar-refractivity contribution is 0.0218. The fourth-order valence-corrected chi connectivity index (χ4v) is 1.77. The van der Waals surface area contributed by atoms with E-state index < -0.39 is 0 Å². The van der Waals surface area contributed by atoms with Crippen LogP contribution in [0.1, 0.15) is 12.8 Å². The van der Waals surface area contributed by atoms with Crippen molar-refractivity contribution in [2.24, 2.45) is 0 Å². The Hall–Kier alpha value is -1.82. The van der Waals surface area contributed by atoms with E-state index >= 15 is 0 Å². The molecule has 0 aromatic carbocycles. The molecule has 0 spiro atoms. The van der Waals surface area contributed by atoms with Gasteiger partial charge in [0.2, 0.25) is 0 Å². The van der Waals surface area contributed by atoms with Gasteiger partial charge in [-0.15, -0.1) is 0 Å². The fourth-order valence-electron chi connectivity index (χ4n) is 1.77. The molecule has 0 saturated carbocycles. The van der Waals surface area contributed by atoms with Crippen LogP contribution in [0.3, 0.4) is 0 Å². The summed E-state index contributed by atoms with van der Waals surface area (Å²) in [6.45, 7) is 1.47. The summed E-state index contributed by atoms with van der Waals surface area (Å²) < 4.78 is 11.0. The van der Waals surface area contributed by atoms with E-state index in [-0.39, 0.29) is 6.10 Å². The molecule has 1 saturated heterocycles. The zero-order chi connectivity index (χ0) is 11.5. The Morgan fingerprint density at radius 3 is 2.88 bits per heavy atom. The minimum Gasteiger partial charge on any atom is -0.460 e. The normalized spacial score (nSPS) is 17.2. The van der Waals surface area contributed by atoms with E-state index in [1.807, 2.05) is 0 Å². The van der Waals surface area contributed by atoms with Crippen molar-refractivity contribution >= 4 is 11.0 Å². The van der Waals surface area contributed by atoms with Crippen LogP contribution >= 0.6 is 0 Å². The Balaban J connectivity index is 1.80. The minimum atomic E-state index is 0.144. The van der Waals surface area contributed by atoms with Gasteiger partial charge in [-0.1, -0.05) is 0 Å². The Kier molecular flexibility index (Phi) is 2.79. The van der Waals surface area contributed by atoms with Crippen molar-refractivity contribution in [1.82, 2.24) is 19.9 Å². The molecule has 2 aromatic rings. The monoisotopic (exact) mass is 232 g/mol. The van der Waals surface area contributed by atoms with Gasteiger partial charge in [0, 0.05) is 12.8 Å². The highest BCUT2D eigenvalue weighted by atomic mass is 16.5. The van der Waals surface area contributed by atoms with E-state index in [4.69, 9.17) is 9.47 Å². The van der Waals surface area contributed by atoms with Gasteiger partial charge in [-0.2, -0.15) is 4.98 Å². The van der Waals surface area contributed by atoms with Crippen LogP contribution in [-0.4, -0.2) is 39.3 Å². The summed E-state index contributed by atoms with van der Waals surface area (Å²) >= 11 is 0. The van der Waals surface area contributed by atoms with E-state index in [0.29, 0.717) is 11.5 Å². The Bertz CT molecular complexity index is 514. The second-order valence-electron chi connectivity index (χ2n) is 3.88. The van der Waals surface area contributed by atoms with E-state index in [0.717, 1.165) is 31.6 Å². The van der Waals surface area contributed by atoms with E-state index in [1.165, 1.54) is 6.33 Å². The maximum atomic E-state index is 5.71. The molecule has 0 aliphatic carbocycles. The van der Waals surface area contributed by atoms with Gasteiger partial charge >= 0.3 is 6.01 Å². The third-order valence-electron chi connectivity index (χ3n) is 2.68. The SMILES string of the molecule is c1ncc2nc(OC3CCOCC3)ncc2n1. The van der Waals surface area contributed by atoms with Crippen LogP contribution in [0.5, 0.6) is 6.01 Å². The molecule has 2 aromatic heterocycles. The highest BCUT2D eigenvalue weighted by molar-refractivity contribution is 5.71. The van der Waals surface area contributed by atoms with Crippen LogP contribution in [-0.2, 0) is 4.74 Å². The first-order valence-electron chi connectivity index (χ1n) is 5.59. The first-order valence-corrected chi connectivity index (χ1v) is 5.59. The average Bonchev–Trinajstić information content (AvgIpc) is 2.40. The second kappa shape index (κ2) is 4.58. The third kappa shape index (κ3) is 2.31. The van der Waals surface area contributed by atoms with Crippen LogP contribution < -0.4 is 4.74 Å². The largest absolute Gasteiger partial charge is 0.460 e. The molecule has 3 heterocycles. The van der Waals surface area contributed by atoms with Crippen molar-refractivity contribution in [2.45, 2.75) is 18.9 Å². The Morgan fingerprint density at radius 1 is 1.12 bits per heavy atom. The predicted octanol–water partition coefficient (Wildman–Crippen LogP) is 0.978. The van der Waals surface area contributed by atoms with Gasteiger partial charge in [0.15, 0.2) is 0 Å². The van der Waals surface area contributed by atoms with Gasteiger partial charge in [-0.05, 0) is 0 Å². The molecule has 1 fully saturated rings. The van der Waals surface area contributed by atoms with Gasteiger partial charge in [0.05, 0.1) is 25.6 Å². The van der Waals surface area contributed by atoms with Crippen molar-refractivity contribution in [2.75, 3.05) is 13.2 Å². The third-order valence-corrected chi connectivity index (χ3v) is 2.68. The van der Waals surface area contributed by atoms with E-state index in [9.17, 15) is 0 Å². The van der Waals surface area contributed by atoms with Gasteiger partial charge in [-0.25, -0.2) is 15.0 Å². The fraction of sp³-hybridized carbons (Fsp3) is 0.455. The molecule has 1 aliphatic rings. The second-order valence-corrected chi connectivity index (χ2v) is 3.88. The molecule has 3 rings (SSSR count). The van der Waals surface area contributed by atoms with Crippen LogP contribution in [0.4, 0.5) is 0 Å². The summed E-state index contributed by atoms with van der Waals surface area (Å²) in [6, 6.07) is 0.388. The number of fused-ring (bicyclic) bond motifs is 1. The molecule has 0 unspecified atom stereocenters. The smallest absolute Gasteiger partial charge is 0.317 e. The number of aromatic nitrogens is 4. The average molecular weight is 232 g/mol. The maximum absolute atomic E-state index is 5.71. The van der Waals surface area contributed by atoms with Gasteiger partial charge < -0.3 is 9.47 Å². The number of hydrogen-bond acceptors (Lipinski definition) is 6. The topological polar surface area (TPSA) is 70.0 Å². The highest BCUT2D eigenvalue weighted by Crippen LogP contribution is 2.15. The number of ether oxygens (including phenoxy) is 2. The number of rotatable bonds is 2. The molecule has 0 N–H and O–H groups in total. The van der Waals surface area contributed by atoms with Gasteiger partial charge in [0.25, 0.3) is 0 Å². The first kappa shape index (κ1) is 10.3.